The Kier molecular flexibility index (Phi) is 5.17. The molecule has 0 unspecified atom stereocenters. The van der Waals surface area contributed by atoms with Crippen molar-refractivity contribution >= 4 is 24.0 Å². The molecule has 0 aliphatic heterocycles. The molecule has 1 aromatic rings. The number of halogens is 1. The minimum atomic E-state index is -0.330. The number of carbonyl (C=O) groups excluding carboxylic acids is 1. The van der Waals surface area contributed by atoms with Crippen LogP contribution in [0.15, 0.2) is 24.3 Å². The first-order chi connectivity index (χ1) is 8.16. The zero-order valence-electron chi connectivity index (χ0n) is 10.7. The first-order valence-corrected chi connectivity index (χ1v) is 6.24. The van der Waals surface area contributed by atoms with Crippen molar-refractivity contribution in [2.75, 3.05) is 11.9 Å². The molecule has 0 bridgehead atoms. The van der Waals surface area contributed by atoms with E-state index in [4.69, 9.17) is 5.73 Å². The molecule has 0 spiro atoms. The van der Waals surface area contributed by atoms with E-state index < -0.39 is 0 Å². The minimum Gasteiger partial charge on any atom is -0.329 e. The molecule has 1 aliphatic rings. The van der Waals surface area contributed by atoms with E-state index in [9.17, 15) is 4.79 Å². The van der Waals surface area contributed by atoms with E-state index in [1.165, 1.54) is 0 Å². The standard InChI is InChI=1S/C14H20N2O.ClH/c1-11-5-4-6-12(9-11)16-13(17)14(10-15)7-2-3-8-14;/h4-6,9H,2-3,7-8,10,15H2,1H3,(H,16,17);1H. The molecule has 0 aromatic heterocycles. The smallest absolute Gasteiger partial charge is 0.231 e. The monoisotopic (exact) mass is 268 g/mol. The van der Waals surface area contributed by atoms with Crippen LogP contribution >= 0.6 is 12.4 Å². The summed E-state index contributed by atoms with van der Waals surface area (Å²) in [6, 6.07) is 7.87. The van der Waals surface area contributed by atoms with Crippen LogP contribution in [0, 0.1) is 12.3 Å². The van der Waals surface area contributed by atoms with E-state index in [1.807, 2.05) is 31.2 Å². The van der Waals surface area contributed by atoms with Crippen molar-refractivity contribution in [2.24, 2.45) is 11.1 Å². The fourth-order valence-corrected chi connectivity index (χ4v) is 2.56. The summed E-state index contributed by atoms with van der Waals surface area (Å²) in [5, 5.41) is 3.00. The lowest BCUT2D eigenvalue weighted by atomic mass is 9.85. The molecule has 100 valence electrons. The van der Waals surface area contributed by atoms with Gasteiger partial charge in [0.2, 0.25) is 5.91 Å². The Hall–Kier alpha value is -1.06. The second kappa shape index (κ2) is 6.21. The largest absolute Gasteiger partial charge is 0.329 e. The van der Waals surface area contributed by atoms with Crippen LogP contribution in [0.1, 0.15) is 31.2 Å². The van der Waals surface area contributed by atoms with Gasteiger partial charge in [-0.2, -0.15) is 0 Å². The van der Waals surface area contributed by atoms with E-state index in [-0.39, 0.29) is 23.7 Å². The summed E-state index contributed by atoms with van der Waals surface area (Å²) in [6.07, 6.45) is 4.05. The second-order valence-corrected chi connectivity index (χ2v) is 5.02. The average molecular weight is 269 g/mol. The van der Waals surface area contributed by atoms with Crippen LogP contribution in [-0.4, -0.2) is 12.5 Å². The van der Waals surface area contributed by atoms with Crippen molar-refractivity contribution in [3.63, 3.8) is 0 Å². The van der Waals surface area contributed by atoms with Gasteiger partial charge in [-0.05, 0) is 37.5 Å². The van der Waals surface area contributed by atoms with Gasteiger partial charge in [-0.25, -0.2) is 0 Å². The topological polar surface area (TPSA) is 55.1 Å². The molecule has 0 atom stereocenters. The van der Waals surface area contributed by atoms with Gasteiger partial charge < -0.3 is 11.1 Å². The van der Waals surface area contributed by atoms with Crippen LogP contribution < -0.4 is 11.1 Å². The van der Waals surface area contributed by atoms with Crippen LogP contribution in [0.3, 0.4) is 0 Å². The fourth-order valence-electron chi connectivity index (χ4n) is 2.56. The van der Waals surface area contributed by atoms with Crippen molar-refractivity contribution in [2.45, 2.75) is 32.6 Å². The summed E-state index contributed by atoms with van der Waals surface area (Å²) >= 11 is 0. The first-order valence-electron chi connectivity index (χ1n) is 6.24. The molecular weight excluding hydrogens is 248 g/mol. The number of benzene rings is 1. The van der Waals surface area contributed by atoms with Crippen molar-refractivity contribution in [1.29, 1.82) is 0 Å². The van der Waals surface area contributed by atoms with Gasteiger partial charge in [0.1, 0.15) is 0 Å². The van der Waals surface area contributed by atoms with Gasteiger partial charge in [0.05, 0.1) is 5.41 Å². The SMILES string of the molecule is Cc1cccc(NC(=O)C2(CN)CCCC2)c1.Cl. The molecule has 18 heavy (non-hydrogen) atoms. The van der Waals surface area contributed by atoms with Crippen molar-refractivity contribution in [3.8, 4) is 0 Å². The van der Waals surface area contributed by atoms with E-state index in [0.29, 0.717) is 6.54 Å². The number of nitrogens with one attached hydrogen (secondary N) is 1. The molecule has 0 heterocycles. The zero-order valence-corrected chi connectivity index (χ0v) is 11.6. The van der Waals surface area contributed by atoms with Crippen LogP contribution in [0.4, 0.5) is 5.69 Å². The lowest BCUT2D eigenvalue weighted by Gasteiger charge is -2.25. The second-order valence-electron chi connectivity index (χ2n) is 5.02. The van der Waals surface area contributed by atoms with Gasteiger partial charge in [-0.15, -0.1) is 12.4 Å². The number of amides is 1. The molecule has 1 aliphatic carbocycles. The average Bonchev–Trinajstić information content (AvgIpc) is 2.78. The van der Waals surface area contributed by atoms with Gasteiger partial charge in [0.25, 0.3) is 0 Å². The highest BCUT2D eigenvalue weighted by atomic mass is 35.5. The molecule has 1 saturated carbocycles. The first kappa shape index (κ1) is 15.0. The number of aryl methyl sites for hydroxylation is 1. The normalized spacial score (nSPS) is 17.0. The molecule has 3 N–H and O–H groups in total. The lowest BCUT2D eigenvalue weighted by Crippen LogP contribution is -2.40. The van der Waals surface area contributed by atoms with Gasteiger partial charge in [-0.3, -0.25) is 4.79 Å². The maximum absolute atomic E-state index is 12.3. The quantitative estimate of drug-likeness (QED) is 0.886. The maximum atomic E-state index is 12.3. The number of anilines is 1. The molecule has 2 rings (SSSR count). The molecular formula is C14H21ClN2O. The molecule has 1 aromatic carbocycles. The Morgan fingerprint density at radius 3 is 2.61 bits per heavy atom. The van der Waals surface area contributed by atoms with Crippen LogP contribution in [-0.2, 0) is 4.79 Å². The van der Waals surface area contributed by atoms with Crippen LogP contribution in [0.5, 0.6) is 0 Å². The molecule has 0 radical (unpaired) electrons. The number of hydrogen-bond acceptors (Lipinski definition) is 2. The maximum Gasteiger partial charge on any atom is 0.231 e. The number of rotatable bonds is 3. The number of nitrogens with two attached hydrogens (primary N) is 1. The van der Waals surface area contributed by atoms with Crippen LogP contribution in [0.2, 0.25) is 0 Å². The van der Waals surface area contributed by atoms with E-state index >= 15 is 0 Å². The molecule has 0 saturated heterocycles. The van der Waals surface area contributed by atoms with Gasteiger partial charge in [0, 0.05) is 12.2 Å². The molecule has 1 amide bonds. The van der Waals surface area contributed by atoms with Crippen molar-refractivity contribution in [3.05, 3.63) is 29.8 Å². The summed E-state index contributed by atoms with van der Waals surface area (Å²) < 4.78 is 0. The number of carbonyl (C=O) groups is 1. The predicted molar refractivity (Wildman–Crippen MR) is 77.0 cm³/mol. The van der Waals surface area contributed by atoms with Gasteiger partial charge >= 0.3 is 0 Å². The highest BCUT2D eigenvalue weighted by Crippen LogP contribution is 2.38. The third-order valence-corrected chi connectivity index (χ3v) is 3.71. The van der Waals surface area contributed by atoms with Crippen molar-refractivity contribution < 1.29 is 4.79 Å². The third-order valence-electron chi connectivity index (χ3n) is 3.71. The van der Waals surface area contributed by atoms with Crippen molar-refractivity contribution in [1.82, 2.24) is 0 Å². The Morgan fingerprint density at radius 2 is 2.06 bits per heavy atom. The van der Waals surface area contributed by atoms with E-state index in [2.05, 4.69) is 5.32 Å². The summed E-state index contributed by atoms with van der Waals surface area (Å²) in [4.78, 5) is 12.3. The van der Waals surface area contributed by atoms with E-state index in [0.717, 1.165) is 36.9 Å². The summed E-state index contributed by atoms with van der Waals surface area (Å²) in [6.45, 7) is 2.47. The van der Waals surface area contributed by atoms with Gasteiger partial charge in [-0.1, -0.05) is 25.0 Å². The molecule has 4 heteroatoms. The van der Waals surface area contributed by atoms with Crippen LogP contribution in [0.25, 0.3) is 0 Å². The Morgan fingerprint density at radius 1 is 1.39 bits per heavy atom. The fraction of sp³-hybridized carbons (Fsp3) is 0.500. The zero-order chi connectivity index (χ0) is 12.3. The summed E-state index contributed by atoms with van der Waals surface area (Å²) in [5.41, 5.74) is 7.48. The Bertz CT molecular complexity index is 414. The third kappa shape index (κ3) is 3.03. The highest BCUT2D eigenvalue weighted by Gasteiger charge is 2.39. The minimum absolute atomic E-state index is 0. The predicted octanol–water partition coefficient (Wildman–Crippen LogP) is 2.87. The lowest BCUT2D eigenvalue weighted by molar-refractivity contribution is -0.124. The Balaban J connectivity index is 0.00000162. The number of hydrogen-bond donors (Lipinski definition) is 2. The van der Waals surface area contributed by atoms with Gasteiger partial charge in [0.15, 0.2) is 0 Å². The van der Waals surface area contributed by atoms with E-state index in [1.54, 1.807) is 0 Å². The molecule has 3 nitrogen and oxygen atoms in total. The summed E-state index contributed by atoms with van der Waals surface area (Å²) in [5.74, 6) is 0.0862. The summed E-state index contributed by atoms with van der Waals surface area (Å²) in [7, 11) is 0. The Labute approximate surface area is 115 Å². The molecule has 1 fully saturated rings. The highest BCUT2D eigenvalue weighted by molar-refractivity contribution is 5.95.